The minimum Gasteiger partial charge on any atom is -0.493 e. The van der Waals surface area contributed by atoms with E-state index in [0.29, 0.717) is 13.2 Å². The summed E-state index contributed by atoms with van der Waals surface area (Å²) in [5, 5.41) is 0. The fourth-order valence-corrected chi connectivity index (χ4v) is 2.70. The summed E-state index contributed by atoms with van der Waals surface area (Å²) in [5.41, 5.74) is 7.87. The maximum absolute atomic E-state index is 5.91. The Morgan fingerprint density at radius 3 is 2.52 bits per heavy atom. The molecule has 0 aliphatic heterocycles. The Bertz CT molecular complexity index is 573. The number of hydrogen-bond acceptors (Lipinski definition) is 3. The zero-order valence-electron chi connectivity index (χ0n) is 12.1. The molecule has 0 saturated heterocycles. The van der Waals surface area contributed by atoms with Crippen molar-refractivity contribution in [3.8, 4) is 11.5 Å². The van der Waals surface area contributed by atoms with E-state index in [-0.39, 0.29) is 0 Å². The van der Waals surface area contributed by atoms with Crippen LogP contribution >= 0.6 is 15.9 Å². The van der Waals surface area contributed by atoms with Crippen LogP contribution in [0.2, 0.25) is 0 Å². The molecule has 0 amide bonds. The van der Waals surface area contributed by atoms with Crippen molar-refractivity contribution in [2.24, 2.45) is 5.73 Å². The molecule has 2 aromatic rings. The molecule has 0 aliphatic rings. The average molecular weight is 350 g/mol. The second kappa shape index (κ2) is 8.05. The standard InChI is InChI=1S/C17H20BrNO2/c1-20-16-11-14(8-5-9-19)10-15(18)17(16)21-12-13-6-3-2-4-7-13/h2-4,6-7,10-11H,5,8-9,12,19H2,1H3. The number of benzene rings is 2. The molecular weight excluding hydrogens is 330 g/mol. The largest absolute Gasteiger partial charge is 0.493 e. The lowest BCUT2D eigenvalue weighted by atomic mass is 10.1. The highest BCUT2D eigenvalue weighted by atomic mass is 79.9. The number of ether oxygens (including phenoxy) is 2. The molecule has 2 N–H and O–H groups in total. The lowest BCUT2D eigenvalue weighted by Crippen LogP contribution is -2.02. The van der Waals surface area contributed by atoms with Gasteiger partial charge in [0.05, 0.1) is 11.6 Å². The molecule has 0 heterocycles. The summed E-state index contributed by atoms with van der Waals surface area (Å²) in [5.74, 6) is 1.48. The Morgan fingerprint density at radius 1 is 1.10 bits per heavy atom. The van der Waals surface area contributed by atoms with Crippen LogP contribution in [-0.4, -0.2) is 13.7 Å². The van der Waals surface area contributed by atoms with Crippen LogP contribution in [0.3, 0.4) is 0 Å². The van der Waals surface area contributed by atoms with E-state index in [2.05, 4.69) is 22.0 Å². The molecule has 0 unspecified atom stereocenters. The van der Waals surface area contributed by atoms with Gasteiger partial charge < -0.3 is 15.2 Å². The fourth-order valence-electron chi connectivity index (χ4n) is 2.09. The number of methoxy groups -OCH3 is 1. The molecule has 0 aliphatic carbocycles. The van der Waals surface area contributed by atoms with Gasteiger partial charge in [0.1, 0.15) is 6.61 Å². The van der Waals surface area contributed by atoms with Gasteiger partial charge in [0.25, 0.3) is 0 Å². The Morgan fingerprint density at radius 2 is 1.86 bits per heavy atom. The number of hydrogen-bond donors (Lipinski definition) is 1. The molecule has 2 aromatic carbocycles. The minimum atomic E-state index is 0.512. The maximum atomic E-state index is 5.91. The Hall–Kier alpha value is -1.52. The van der Waals surface area contributed by atoms with E-state index in [9.17, 15) is 0 Å². The van der Waals surface area contributed by atoms with Crippen molar-refractivity contribution >= 4 is 15.9 Å². The van der Waals surface area contributed by atoms with E-state index in [1.807, 2.05) is 36.4 Å². The normalized spacial score (nSPS) is 10.4. The van der Waals surface area contributed by atoms with Gasteiger partial charge in [0, 0.05) is 0 Å². The molecule has 2 rings (SSSR count). The smallest absolute Gasteiger partial charge is 0.175 e. The van der Waals surface area contributed by atoms with Gasteiger partial charge in [0.2, 0.25) is 0 Å². The number of nitrogens with two attached hydrogens (primary N) is 1. The Kier molecular flexibility index (Phi) is 6.08. The predicted octanol–water partition coefficient (Wildman–Crippen LogP) is 3.93. The van der Waals surface area contributed by atoms with Gasteiger partial charge in [-0.25, -0.2) is 0 Å². The van der Waals surface area contributed by atoms with E-state index in [0.717, 1.165) is 34.4 Å². The summed E-state index contributed by atoms with van der Waals surface area (Å²) in [7, 11) is 1.66. The summed E-state index contributed by atoms with van der Waals surface area (Å²) >= 11 is 3.57. The molecular formula is C17H20BrNO2. The van der Waals surface area contributed by atoms with E-state index in [1.54, 1.807) is 7.11 Å². The van der Waals surface area contributed by atoms with E-state index < -0.39 is 0 Å². The van der Waals surface area contributed by atoms with E-state index in [4.69, 9.17) is 15.2 Å². The van der Waals surface area contributed by atoms with Crippen LogP contribution in [0.5, 0.6) is 11.5 Å². The van der Waals surface area contributed by atoms with Crippen LogP contribution in [0, 0.1) is 0 Å². The molecule has 0 atom stereocenters. The van der Waals surface area contributed by atoms with E-state index >= 15 is 0 Å². The van der Waals surface area contributed by atoms with Crippen LogP contribution in [-0.2, 0) is 13.0 Å². The molecule has 0 radical (unpaired) electrons. The molecule has 0 fully saturated rings. The second-order valence-corrected chi connectivity index (χ2v) is 5.63. The zero-order valence-corrected chi connectivity index (χ0v) is 13.7. The van der Waals surface area contributed by atoms with Crippen molar-refractivity contribution in [1.29, 1.82) is 0 Å². The highest BCUT2D eigenvalue weighted by Gasteiger charge is 2.11. The molecule has 112 valence electrons. The first kappa shape index (κ1) is 15.9. The van der Waals surface area contributed by atoms with Crippen molar-refractivity contribution in [3.05, 3.63) is 58.1 Å². The molecule has 4 heteroatoms. The fraction of sp³-hybridized carbons (Fsp3) is 0.294. The van der Waals surface area contributed by atoms with Crippen molar-refractivity contribution in [2.75, 3.05) is 13.7 Å². The van der Waals surface area contributed by atoms with Gasteiger partial charge in [-0.1, -0.05) is 30.3 Å². The first-order chi connectivity index (χ1) is 10.2. The van der Waals surface area contributed by atoms with Crippen LogP contribution < -0.4 is 15.2 Å². The first-order valence-electron chi connectivity index (χ1n) is 6.97. The monoisotopic (exact) mass is 349 g/mol. The number of aryl methyl sites for hydroxylation is 1. The first-order valence-corrected chi connectivity index (χ1v) is 7.77. The quantitative estimate of drug-likeness (QED) is 0.823. The van der Waals surface area contributed by atoms with E-state index in [1.165, 1.54) is 5.56 Å². The lowest BCUT2D eigenvalue weighted by molar-refractivity contribution is 0.282. The minimum absolute atomic E-state index is 0.512. The summed E-state index contributed by atoms with van der Waals surface area (Å²) in [6.07, 6.45) is 1.89. The lowest BCUT2D eigenvalue weighted by Gasteiger charge is -2.14. The van der Waals surface area contributed by atoms with Crippen LogP contribution in [0.15, 0.2) is 46.9 Å². The third-order valence-electron chi connectivity index (χ3n) is 3.18. The van der Waals surface area contributed by atoms with Gasteiger partial charge in [-0.3, -0.25) is 0 Å². The molecule has 0 bridgehead atoms. The Labute approximate surface area is 134 Å². The maximum Gasteiger partial charge on any atom is 0.175 e. The average Bonchev–Trinajstić information content (AvgIpc) is 2.52. The van der Waals surface area contributed by atoms with Crippen molar-refractivity contribution in [2.45, 2.75) is 19.4 Å². The third-order valence-corrected chi connectivity index (χ3v) is 3.77. The molecule has 3 nitrogen and oxygen atoms in total. The number of halogens is 1. The molecule has 0 saturated carbocycles. The highest BCUT2D eigenvalue weighted by Crippen LogP contribution is 2.37. The highest BCUT2D eigenvalue weighted by molar-refractivity contribution is 9.10. The number of rotatable bonds is 7. The van der Waals surface area contributed by atoms with Crippen LogP contribution in [0.25, 0.3) is 0 Å². The van der Waals surface area contributed by atoms with Crippen molar-refractivity contribution in [1.82, 2.24) is 0 Å². The molecule has 0 spiro atoms. The van der Waals surface area contributed by atoms with Crippen LogP contribution in [0.4, 0.5) is 0 Å². The molecule has 21 heavy (non-hydrogen) atoms. The summed E-state index contributed by atoms with van der Waals surface area (Å²) < 4.78 is 12.3. The predicted molar refractivity (Wildman–Crippen MR) is 88.8 cm³/mol. The van der Waals surface area contributed by atoms with Crippen molar-refractivity contribution in [3.63, 3.8) is 0 Å². The zero-order chi connectivity index (χ0) is 15.1. The van der Waals surface area contributed by atoms with Gasteiger partial charge in [0.15, 0.2) is 11.5 Å². The SMILES string of the molecule is COc1cc(CCCN)cc(Br)c1OCc1ccccc1. The van der Waals surface area contributed by atoms with Gasteiger partial charge in [-0.05, 0) is 58.6 Å². The van der Waals surface area contributed by atoms with Gasteiger partial charge in [-0.15, -0.1) is 0 Å². The second-order valence-electron chi connectivity index (χ2n) is 4.78. The third kappa shape index (κ3) is 4.48. The van der Waals surface area contributed by atoms with Gasteiger partial charge in [-0.2, -0.15) is 0 Å². The summed E-state index contributed by atoms with van der Waals surface area (Å²) in [6, 6.07) is 14.2. The topological polar surface area (TPSA) is 44.5 Å². The van der Waals surface area contributed by atoms with Gasteiger partial charge >= 0.3 is 0 Å². The summed E-state index contributed by atoms with van der Waals surface area (Å²) in [4.78, 5) is 0. The summed E-state index contributed by atoms with van der Waals surface area (Å²) in [6.45, 7) is 1.20. The van der Waals surface area contributed by atoms with Crippen LogP contribution in [0.1, 0.15) is 17.5 Å². The molecule has 0 aromatic heterocycles. The Balaban J connectivity index is 2.14. The van der Waals surface area contributed by atoms with Crippen molar-refractivity contribution < 1.29 is 9.47 Å².